The molecule has 2 N–H and O–H groups in total. The van der Waals surface area contributed by atoms with Gasteiger partial charge in [-0.25, -0.2) is 0 Å². The maximum atomic E-state index is 11.9. The van der Waals surface area contributed by atoms with Gasteiger partial charge in [-0.1, -0.05) is 24.3 Å². The van der Waals surface area contributed by atoms with Crippen LogP contribution in [0.3, 0.4) is 0 Å². The molecule has 0 aromatic heterocycles. The minimum absolute atomic E-state index is 0.480. The first-order chi connectivity index (χ1) is 13.1. The lowest BCUT2D eigenvalue weighted by atomic mass is 10.1. The fourth-order valence-electron chi connectivity index (χ4n) is 3.33. The van der Waals surface area contributed by atoms with E-state index >= 15 is 0 Å². The summed E-state index contributed by atoms with van der Waals surface area (Å²) in [7, 11) is 0. The first kappa shape index (κ1) is 19.0. The number of benzene rings is 2. The van der Waals surface area contributed by atoms with Gasteiger partial charge in [-0.05, 0) is 68.0 Å². The Morgan fingerprint density at radius 3 is 2.44 bits per heavy atom. The van der Waals surface area contributed by atoms with Crippen LogP contribution in [-0.2, 0) is 16.0 Å². The minimum Gasteiger partial charge on any atom is -0.372 e. The van der Waals surface area contributed by atoms with Crippen LogP contribution >= 0.6 is 0 Å². The van der Waals surface area contributed by atoms with Crippen LogP contribution in [0.25, 0.3) is 0 Å². The van der Waals surface area contributed by atoms with Gasteiger partial charge in [0.15, 0.2) is 0 Å². The number of amides is 2. The molecule has 0 atom stereocenters. The topological polar surface area (TPSA) is 61.4 Å². The summed E-state index contributed by atoms with van der Waals surface area (Å²) in [5, 5.41) is 5.30. The largest absolute Gasteiger partial charge is 0.372 e. The molecule has 5 nitrogen and oxygen atoms in total. The number of nitrogens with one attached hydrogen (secondary N) is 2. The van der Waals surface area contributed by atoms with Crippen LogP contribution in [0, 0.1) is 6.92 Å². The van der Waals surface area contributed by atoms with E-state index in [9.17, 15) is 9.59 Å². The van der Waals surface area contributed by atoms with Crippen LogP contribution < -0.4 is 15.5 Å². The molecule has 3 rings (SSSR count). The van der Waals surface area contributed by atoms with E-state index in [0.29, 0.717) is 12.2 Å². The number of rotatable bonds is 6. The van der Waals surface area contributed by atoms with Gasteiger partial charge in [-0.3, -0.25) is 9.59 Å². The van der Waals surface area contributed by atoms with Gasteiger partial charge in [-0.2, -0.15) is 0 Å². The Morgan fingerprint density at radius 1 is 1.00 bits per heavy atom. The SMILES string of the molecule is Cc1cccc(NC(=O)C(=O)NCCCc2ccc(N3CCCC3)cc2)c1. The van der Waals surface area contributed by atoms with E-state index in [-0.39, 0.29) is 0 Å². The second-order valence-electron chi connectivity index (χ2n) is 7.04. The van der Waals surface area contributed by atoms with Crippen molar-refractivity contribution in [3.63, 3.8) is 0 Å². The molecule has 5 heteroatoms. The van der Waals surface area contributed by atoms with Crippen LogP contribution in [0.5, 0.6) is 0 Å². The zero-order valence-electron chi connectivity index (χ0n) is 15.8. The highest BCUT2D eigenvalue weighted by Gasteiger charge is 2.13. The van der Waals surface area contributed by atoms with E-state index in [1.165, 1.54) is 24.1 Å². The Morgan fingerprint density at radius 2 is 1.74 bits per heavy atom. The highest BCUT2D eigenvalue weighted by atomic mass is 16.2. The quantitative estimate of drug-likeness (QED) is 0.610. The number of anilines is 2. The second-order valence-corrected chi connectivity index (χ2v) is 7.04. The summed E-state index contributed by atoms with van der Waals surface area (Å²) >= 11 is 0. The summed E-state index contributed by atoms with van der Waals surface area (Å²) in [5.41, 5.74) is 4.20. The number of carbonyl (C=O) groups excluding carboxylic acids is 2. The van der Waals surface area contributed by atoms with Crippen LogP contribution in [0.2, 0.25) is 0 Å². The summed E-state index contributed by atoms with van der Waals surface area (Å²) in [6, 6.07) is 16.0. The van der Waals surface area contributed by atoms with E-state index in [1.807, 2.05) is 25.1 Å². The molecule has 1 saturated heterocycles. The van der Waals surface area contributed by atoms with E-state index in [4.69, 9.17) is 0 Å². The fourth-order valence-corrected chi connectivity index (χ4v) is 3.33. The number of hydrogen-bond acceptors (Lipinski definition) is 3. The Bertz CT molecular complexity index is 780. The van der Waals surface area contributed by atoms with Gasteiger partial charge in [0.25, 0.3) is 0 Å². The van der Waals surface area contributed by atoms with Crippen LogP contribution in [0.4, 0.5) is 11.4 Å². The van der Waals surface area contributed by atoms with E-state index in [1.54, 1.807) is 6.07 Å². The molecule has 2 aromatic carbocycles. The molecule has 0 spiro atoms. The van der Waals surface area contributed by atoms with Crippen molar-refractivity contribution in [2.24, 2.45) is 0 Å². The molecule has 0 radical (unpaired) electrons. The molecule has 1 aliphatic heterocycles. The Balaban J connectivity index is 1.37. The van der Waals surface area contributed by atoms with Gasteiger partial charge < -0.3 is 15.5 Å². The van der Waals surface area contributed by atoms with Crippen molar-refractivity contribution >= 4 is 23.2 Å². The summed E-state index contributed by atoms with van der Waals surface area (Å²) in [5.74, 6) is -1.23. The monoisotopic (exact) mass is 365 g/mol. The summed E-state index contributed by atoms with van der Waals surface area (Å²) < 4.78 is 0. The lowest BCUT2D eigenvalue weighted by Gasteiger charge is -2.17. The van der Waals surface area contributed by atoms with E-state index in [0.717, 1.165) is 31.5 Å². The molecule has 27 heavy (non-hydrogen) atoms. The third kappa shape index (κ3) is 5.58. The number of aryl methyl sites for hydroxylation is 2. The molecule has 1 heterocycles. The molecule has 0 unspecified atom stereocenters. The molecule has 142 valence electrons. The number of carbonyl (C=O) groups is 2. The maximum Gasteiger partial charge on any atom is 0.313 e. The van der Waals surface area contributed by atoms with E-state index < -0.39 is 11.8 Å². The van der Waals surface area contributed by atoms with Crippen molar-refractivity contribution in [1.82, 2.24) is 5.32 Å². The predicted molar refractivity (Wildman–Crippen MR) is 109 cm³/mol. The third-order valence-corrected chi connectivity index (χ3v) is 4.82. The highest BCUT2D eigenvalue weighted by Crippen LogP contribution is 2.20. The average Bonchev–Trinajstić information content (AvgIpc) is 3.20. The smallest absolute Gasteiger partial charge is 0.313 e. The molecule has 0 bridgehead atoms. The molecular weight excluding hydrogens is 338 g/mol. The standard InChI is InChI=1S/C22H27N3O2/c1-17-6-4-8-19(16-17)24-22(27)21(26)23-13-5-7-18-9-11-20(12-10-18)25-14-2-3-15-25/h4,6,8-12,16H,2-3,5,7,13-15H2,1H3,(H,23,26)(H,24,27). The first-order valence-corrected chi connectivity index (χ1v) is 9.61. The zero-order chi connectivity index (χ0) is 19.1. The van der Waals surface area contributed by atoms with Gasteiger partial charge in [0.1, 0.15) is 0 Å². The third-order valence-electron chi connectivity index (χ3n) is 4.82. The Kier molecular flexibility index (Phi) is 6.47. The molecule has 0 aliphatic carbocycles. The van der Waals surface area contributed by atoms with Crippen LogP contribution in [-0.4, -0.2) is 31.4 Å². The van der Waals surface area contributed by atoms with Crippen molar-refractivity contribution < 1.29 is 9.59 Å². The van der Waals surface area contributed by atoms with Gasteiger partial charge >= 0.3 is 11.8 Å². The molecule has 2 amide bonds. The molecular formula is C22H27N3O2. The first-order valence-electron chi connectivity index (χ1n) is 9.61. The lowest BCUT2D eigenvalue weighted by molar-refractivity contribution is -0.136. The van der Waals surface area contributed by atoms with Crippen LogP contribution in [0.1, 0.15) is 30.4 Å². The maximum absolute atomic E-state index is 11.9. The van der Waals surface area contributed by atoms with Crippen molar-refractivity contribution in [3.8, 4) is 0 Å². The van der Waals surface area contributed by atoms with Crippen molar-refractivity contribution in [2.45, 2.75) is 32.6 Å². The molecule has 1 aliphatic rings. The van der Waals surface area contributed by atoms with Crippen LogP contribution in [0.15, 0.2) is 48.5 Å². The normalized spacial score (nSPS) is 13.4. The van der Waals surface area contributed by atoms with Crippen molar-refractivity contribution in [1.29, 1.82) is 0 Å². The summed E-state index contributed by atoms with van der Waals surface area (Å²) in [6.45, 7) is 4.72. The average molecular weight is 365 g/mol. The van der Waals surface area contributed by atoms with Gasteiger partial charge in [0.2, 0.25) is 0 Å². The highest BCUT2D eigenvalue weighted by molar-refractivity contribution is 6.39. The predicted octanol–water partition coefficient (Wildman–Crippen LogP) is 3.28. The van der Waals surface area contributed by atoms with Crippen molar-refractivity contribution in [3.05, 3.63) is 59.7 Å². The fraction of sp³-hybridized carbons (Fsp3) is 0.364. The molecule has 1 fully saturated rings. The second kappa shape index (κ2) is 9.21. The molecule has 0 saturated carbocycles. The van der Waals surface area contributed by atoms with Gasteiger partial charge in [0.05, 0.1) is 0 Å². The number of nitrogens with zero attached hydrogens (tertiary/aromatic N) is 1. The minimum atomic E-state index is -0.629. The molecule has 2 aromatic rings. The summed E-state index contributed by atoms with van der Waals surface area (Å²) in [6.07, 6.45) is 4.23. The van der Waals surface area contributed by atoms with Gasteiger partial charge in [0, 0.05) is 31.0 Å². The van der Waals surface area contributed by atoms with E-state index in [2.05, 4.69) is 39.8 Å². The van der Waals surface area contributed by atoms with Gasteiger partial charge in [-0.15, -0.1) is 0 Å². The Hall–Kier alpha value is -2.82. The summed E-state index contributed by atoms with van der Waals surface area (Å²) in [4.78, 5) is 26.2. The lowest BCUT2D eigenvalue weighted by Crippen LogP contribution is -2.36. The Labute approximate surface area is 160 Å². The van der Waals surface area contributed by atoms with Crippen molar-refractivity contribution in [2.75, 3.05) is 29.9 Å². The zero-order valence-corrected chi connectivity index (χ0v) is 15.8. The number of hydrogen-bond donors (Lipinski definition) is 2.